The van der Waals surface area contributed by atoms with E-state index in [1.807, 2.05) is 0 Å². The molecule has 3 nitrogen and oxygen atoms in total. The summed E-state index contributed by atoms with van der Waals surface area (Å²) in [6.45, 7) is 0. The van der Waals surface area contributed by atoms with Crippen molar-refractivity contribution in [1.29, 1.82) is 0 Å². The predicted molar refractivity (Wildman–Crippen MR) is 75.0 cm³/mol. The van der Waals surface area contributed by atoms with Crippen LogP contribution in [0.5, 0.6) is 5.75 Å². The standard InChI is InChI=1S/C15H12F2O3S/c1-20-12-5-2-10(3-6-12)14(18)9-21(19)15-7-4-11(16)8-13(15)17/h2-8H,9H2,1H3. The number of ketones is 1. The molecule has 0 saturated carbocycles. The molecule has 1 atom stereocenters. The van der Waals surface area contributed by atoms with Crippen molar-refractivity contribution in [1.82, 2.24) is 0 Å². The minimum atomic E-state index is -1.86. The van der Waals surface area contributed by atoms with E-state index in [4.69, 9.17) is 4.74 Å². The third-order valence-corrected chi connectivity index (χ3v) is 4.16. The molecule has 0 aliphatic rings. The van der Waals surface area contributed by atoms with Crippen molar-refractivity contribution in [3.63, 3.8) is 0 Å². The molecule has 21 heavy (non-hydrogen) atoms. The van der Waals surface area contributed by atoms with E-state index in [-0.39, 0.29) is 16.4 Å². The van der Waals surface area contributed by atoms with Crippen LogP contribution in [0.2, 0.25) is 0 Å². The molecule has 6 heteroatoms. The van der Waals surface area contributed by atoms with Crippen molar-refractivity contribution in [2.45, 2.75) is 4.90 Å². The smallest absolute Gasteiger partial charge is 0.175 e. The Morgan fingerprint density at radius 1 is 1.14 bits per heavy atom. The number of Topliss-reactive ketones (excluding diaryl/α,β-unsaturated/α-hetero) is 1. The Kier molecular flexibility index (Phi) is 4.80. The lowest BCUT2D eigenvalue weighted by Crippen LogP contribution is -2.12. The topological polar surface area (TPSA) is 43.4 Å². The number of halogens is 2. The molecular formula is C15H12F2O3S. The molecule has 2 aromatic rings. The first-order valence-electron chi connectivity index (χ1n) is 6.02. The van der Waals surface area contributed by atoms with Gasteiger partial charge in [-0.2, -0.15) is 0 Å². The van der Waals surface area contributed by atoms with E-state index < -0.39 is 22.4 Å². The average molecular weight is 310 g/mol. The van der Waals surface area contributed by atoms with Crippen molar-refractivity contribution >= 4 is 16.6 Å². The Labute approximate surface area is 123 Å². The summed E-state index contributed by atoms with van der Waals surface area (Å²) in [5.74, 6) is -1.84. The maximum Gasteiger partial charge on any atom is 0.175 e. The summed E-state index contributed by atoms with van der Waals surface area (Å²) < 4.78 is 43.2. The second-order valence-electron chi connectivity index (χ2n) is 4.22. The van der Waals surface area contributed by atoms with E-state index in [9.17, 15) is 17.8 Å². The molecule has 0 aromatic heterocycles. The lowest BCUT2D eigenvalue weighted by atomic mass is 10.1. The Hall–Kier alpha value is -2.08. The maximum absolute atomic E-state index is 13.5. The average Bonchev–Trinajstić information content (AvgIpc) is 2.47. The van der Waals surface area contributed by atoms with Gasteiger partial charge in [0.1, 0.15) is 17.4 Å². The van der Waals surface area contributed by atoms with Gasteiger partial charge in [-0.05, 0) is 36.4 Å². The molecule has 0 radical (unpaired) electrons. The van der Waals surface area contributed by atoms with Crippen molar-refractivity contribution in [2.75, 3.05) is 12.9 Å². The van der Waals surface area contributed by atoms with Crippen molar-refractivity contribution in [3.8, 4) is 5.75 Å². The molecular weight excluding hydrogens is 298 g/mol. The van der Waals surface area contributed by atoms with Gasteiger partial charge < -0.3 is 4.74 Å². The van der Waals surface area contributed by atoms with Crippen LogP contribution in [0.15, 0.2) is 47.4 Å². The van der Waals surface area contributed by atoms with E-state index in [1.54, 1.807) is 24.3 Å². The van der Waals surface area contributed by atoms with Gasteiger partial charge in [-0.1, -0.05) is 0 Å². The zero-order valence-corrected chi connectivity index (χ0v) is 12.0. The Bertz CT molecular complexity index is 684. The lowest BCUT2D eigenvalue weighted by molar-refractivity contribution is 0.102. The monoisotopic (exact) mass is 310 g/mol. The van der Waals surface area contributed by atoms with E-state index in [1.165, 1.54) is 7.11 Å². The second-order valence-corrected chi connectivity index (χ2v) is 5.64. The van der Waals surface area contributed by atoms with Crippen LogP contribution in [0.4, 0.5) is 8.78 Å². The number of benzene rings is 2. The molecule has 0 saturated heterocycles. The van der Waals surface area contributed by atoms with E-state index in [0.29, 0.717) is 17.4 Å². The molecule has 0 aliphatic heterocycles. The molecule has 110 valence electrons. The molecule has 0 heterocycles. The number of ether oxygens (including phenoxy) is 1. The lowest BCUT2D eigenvalue weighted by Gasteiger charge is -2.05. The molecule has 0 fully saturated rings. The van der Waals surface area contributed by atoms with Gasteiger partial charge >= 0.3 is 0 Å². The maximum atomic E-state index is 13.5. The molecule has 1 unspecified atom stereocenters. The number of hydrogen-bond acceptors (Lipinski definition) is 3. The van der Waals surface area contributed by atoms with Gasteiger partial charge in [0.2, 0.25) is 0 Å². The molecule has 0 N–H and O–H groups in total. The summed E-state index contributed by atoms with van der Waals surface area (Å²) in [4.78, 5) is 11.8. The van der Waals surface area contributed by atoms with Crippen LogP contribution in [-0.4, -0.2) is 22.9 Å². The Morgan fingerprint density at radius 3 is 2.38 bits per heavy atom. The minimum Gasteiger partial charge on any atom is -0.497 e. The van der Waals surface area contributed by atoms with E-state index in [0.717, 1.165) is 12.1 Å². The normalized spacial score (nSPS) is 12.0. The largest absolute Gasteiger partial charge is 0.497 e. The van der Waals surface area contributed by atoms with Gasteiger partial charge in [-0.25, -0.2) is 8.78 Å². The zero-order valence-electron chi connectivity index (χ0n) is 11.1. The highest BCUT2D eigenvalue weighted by molar-refractivity contribution is 7.85. The Morgan fingerprint density at radius 2 is 1.81 bits per heavy atom. The van der Waals surface area contributed by atoms with Gasteiger partial charge in [0, 0.05) is 11.6 Å². The van der Waals surface area contributed by atoms with Crippen LogP contribution < -0.4 is 4.74 Å². The molecule has 0 bridgehead atoms. The number of carbonyl (C=O) groups excluding carboxylic acids is 1. The van der Waals surface area contributed by atoms with E-state index >= 15 is 0 Å². The molecule has 0 aliphatic carbocycles. The van der Waals surface area contributed by atoms with Crippen LogP contribution in [0.1, 0.15) is 10.4 Å². The highest BCUT2D eigenvalue weighted by atomic mass is 32.2. The summed E-state index contributed by atoms with van der Waals surface area (Å²) in [6.07, 6.45) is 0. The van der Waals surface area contributed by atoms with Crippen LogP contribution in [0, 0.1) is 11.6 Å². The third-order valence-electron chi connectivity index (χ3n) is 2.81. The summed E-state index contributed by atoms with van der Waals surface area (Å²) in [5, 5.41) is 0. The Balaban J connectivity index is 2.12. The highest BCUT2D eigenvalue weighted by Gasteiger charge is 2.16. The van der Waals surface area contributed by atoms with Gasteiger partial charge in [0.15, 0.2) is 5.78 Å². The fraction of sp³-hybridized carbons (Fsp3) is 0.133. The highest BCUT2D eigenvalue weighted by Crippen LogP contribution is 2.16. The van der Waals surface area contributed by atoms with Gasteiger partial charge in [0.25, 0.3) is 0 Å². The SMILES string of the molecule is COc1ccc(C(=O)CS(=O)c2ccc(F)cc2F)cc1. The summed E-state index contributed by atoms with van der Waals surface area (Å²) in [5.41, 5.74) is 0.353. The first kappa shape index (κ1) is 15.3. The molecule has 0 amide bonds. The molecule has 2 aromatic carbocycles. The van der Waals surface area contributed by atoms with E-state index in [2.05, 4.69) is 0 Å². The number of methoxy groups -OCH3 is 1. The number of rotatable bonds is 5. The first-order chi connectivity index (χ1) is 10.0. The van der Waals surface area contributed by atoms with Gasteiger partial charge in [0.05, 0.1) is 28.6 Å². The van der Waals surface area contributed by atoms with Crippen LogP contribution >= 0.6 is 0 Å². The minimum absolute atomic E-state index is 0.182. The molecule has 0 spiro atoms. The number of hydrogen-bond donors (Lipinski definition) is 0. The quantitative estimate of drug-likeness (QED) is 0.798. The van der Waals surface area contributed by atoms with Crippen molar-refractivity contribution in [2.24, 2.45) is 0 Å². The van der Waals surface area contributed by atoms with Gasteiger partial charge in [-0.3, -0.25) is 9.00 Å². The fourth-order valence-corrected chi connectivity index (χ4v) is 2.77. The zero-order chi connectivity index (χ0) is 15.4. The van der Waals surface area contributed by atoms with Gasteiger partial charge in [-0.15, -0.1) is 0 Å². The summed E-state index contributed by atoms with van der Waals surface area (Å²) >= 11 is 0. The predicted octanol–water partition coefficient (Wildman–Crippen LogP) is 2.96. The van der Waals surface area contributed by atoms with Crippen molar-refractivity contribution in [3.05, 3.63) is 59.7 Å². The first-order valence-corrected chi connectivity index (χ1v) is 7.34. The van der Waals surface area contributed by atoms with Crippen LogP contribution in [0.3, 0.4) is 0 Å². The molecule has 2 rings (SSSR count). The van der Waals surface area contributed by atoms with Crippen LogP contribution in [-0.2, 0) is 10.8 Å². The second kappa shape index (κ2) is 6.58. The van der Waals surface area contributed by atoms with Crippen LogP contribution in [0.25, 0.3) is 0 Å². The summed E-state index contributed by atoms with van der Waals surface area (Å²) in [6, 6.07) is 9.03. The number of carbonyl (C=O) groups is 1. The third kappa shape index (κ3) is 3.72. The van der Waals surface area contributed by atoms with Crippen molar-refractivity contribution < 1.29 is 22.5 Å². The fourth-order valence-electron chi connectivity index (χ4n) is 1.72. The summed E-state index contributed by atoms with van der Waals surface area (Å²) in [7, 11) is -0.360.